The molecule has 102 valence electrons. The average molecular weight is 264 g/mol. The Balaban J connectivity index is 2.05. The summed E-state index contributed by atoms with van der Waals surface area (Å²) >= 11 is 0. The summed E-state index contributed by atoms with van der Waals surface area (Å²) in [5, 5.41) is 0. The van der Waals surface area contributed by atoms with Gasteiger partial charge in [-0.1, -0.05) is 0 Å². The van der Waals surface area contributed by atoms with Crippen molar-refractivity contribution in [3.8, 4) is 11.5 Å². The molecule has 0 radical (unpaired) electrons. The number of rotatable bonds is 6. The maximum absolute atomic E-state index is 12.0. The first-order valence-electron chi connectivity index (χ1n) is 6.07. The van der Waals surface area contributed by atoms with Gasteiger partial charge in [0, 0.05) is 0 Å². The van der Waals surface area contributed by atoms with Crippen molar-refractivity contribution in [1.29, 1.82) is 0 Å². The molecular weight excluding hydrogens is 248 g/mol. The number of esters is 1. The van der Waals surface area contributed by atoms with E-state index in [1.54, 1.807) is 18.2 Å². The molecular formula is C14H16O5. The van der Waals surface area contributed by atoms with Gasteiger partial charge >= 0.3 is 5.97 Å². The van der Waals surface area contributed by atoms with E-state index in [4.69, 9.17) is 14.2 Å². The van der Waals surface area contributed by atoms with Gasteiger partial charge in [-0.05, 0) is 31.0 Å². The van der Waals surface area contributed by atoms with Crippen LogP contribution in [0, 0.1) is 5.92 Å². The van der Waals surface area contributed by atoms with E-state index in [9.17, 15) is 9.59 Å². The summed E-state index contributed by atoms with van der Waals surface area (Å²) in [6.45, 7) is -0.265. The van der Waals surface area contributed by atoms with Gasteiger partial charge in [-0.15, -0.1) is 0 Å². The highest BCUT2D eigenvalue weighted by atomic mass is 16.5. The van der Waals surface area contributed by atoms with E-state index >= 15 is 0 Å². The van der Waals surface area contributed by atoms with Crippen LogP contribution in [-0.2, 0) is 9.53 Å². The van der Waals surface area contributed by atoms with Crippen molar-refractivity contribution in [2.24, 2.45) is 5.92 Å². The number of hydrogen-bond donors (Lipinski definition) is 0. The molecule has 1 aromatic rings. The summed E-state index contributed by atoms with van der Waals surface area (Å²) in [6.07, 6.45) is 1.71. The van der Waals surface area contributed by atoms with Crippen molar-refractivity contribution in [1.82, 2.24) is 0 Å². The van der Waals surface area contributed by atoms with E-state index in [0.29, 0.717) is 17.1 Å². The SMILES string of the molecule is COc1ccc(OC)c(C(=O)COC(=O)C2CC2)c1. The first kappa shape index (κ1) is 13.4. The molecule has 1 aromatic carbocycles. The summed E-state index contributed by atoms with van der Waals surface area (Å²) < 4.78 is 15.1. The standard InChI is InChI=1S/C14H16O5/c1-17-10-5-6-13(18-2)11(7-10)12(15)8-19-14(16)9-3-4-9/h5-7,9H,3-4,8H2,1-2H3. The molecule has 1 aliphatic carbocycles. The van der Waals surface area contributed by atoms with E-state index in [1.165, 1.54) is 14.2 Å². The van der Waals surface area contributed by atoms with Crippen molar-refractivity contribution < 1.29 is 23.8 Å². The largest absolute Gasteiger partial charge is 0.497 e. The zero-order valence-corrected chi connectivity index (χ0v) is 11.0. The Morgan fingerprint density at radius 3 is 2.53 bits per heavy atom. The third-order valence-corrected chi connectivity index (χ3v) is 2.96. The Bertz CT molecular complexity index is 491. The van der Waals surface area contributed by atoms with E-state index in [1.807, 2.05) is 0 Å². The number of carbonyl (C=O) groups is 2. The van der Waals surface area contributed by atoms with Crippen molar-refractivity contribution in [3.63, 3.8) is 0 Å². The minimum absolute atomic E-state index is 0.0139. The van der Waals surface area contributed by atoms with Crippen LogP contribution in [-0.4, -0.2) is 32.6 Å². The monoisotopic (exact) mass is 264 g/mol. The molecule has 2 rings (SSSR count). The van der Waals surface area contributed by atoms with Crippen LogP contribution in [0.25, 0.3) is 0 Å². The Kier molecular flexibility index (Phi) is 4.04. The highest BCUT2D eigenvalue weighted by molar-refractivity contribution is 6.00. The summed E-state index contributed by atoms with van der Waals surface area (Å²) in [4.78, 5) is 23.4. The summed E-state index contributed by atoms with van der Waals surface area (Å²) in [6, 6.07) is 4.92. The topological polar surface area (TPSA) is 61.8 Å². The number of ether oxygens (including phenoxy) is 3. The maximum Gasteiger partial charge on any atom is 0.309 e. The van der Waals surface area contributed by atoms with Crippen LogP contribution >= 0.6 is 0 Å². The molecule has 0 bridgehead atoms. The minimum atomic E-state index is -0.301. The molecule has 0 spiro atoms. The third kappa shape index (κ3) is 3.24. The lowest BCUT2D eigenvalue weighted by Gasteiger charge is -2.09. The number of Topliss-reactive ketones (excluding diaryl/α,β-unsaturated/α-hetero) is 1. The molecule has 0 aromatic heterocycles. The zero-order chi connectivity index (χ0) is 13.8. The highest BCUT2D eigenvalue weighted by Crippen LogP contribution is 2.30. The van der Waals surface area contributed by atoms with E-state index in [-0.39, 0.29) is 24.3 Å². The van der Waals surface area contributed by atoms with E-state index in [2.05, 4.69) is 0 Å². The molecule has 0 atom stereocenters. The van der Waals surface area contributed by atoms with Crippen LogP contribution in [0.15, 0.2) is 18.2 Å². The molecule has 5 heteroatoms. The second kappa shape index (κ2) is 5.73. The Labute approximate surface area is 111 Å². The van der Waals surface area contributed by atoms with Crippen molar-refractivity contribution in [2.45, 2.75) is 12.8 Å². The summed E-state index contributed by atoms with van der Waals surface area (Å²) in [5.41, 5.74) is 0.352. The van der Waals surface area contributed by atoms with Gasteiger partial charge in [-0.2, -0.15) is 0 Å². The molecule has 19 heavy (non-hydrogen) atoms. The normalized spacial score (nSPS) is 13.8. The zero-order valence-electron chi connectivity index (χ0n) is 11.0. The molecule has 0 unspecified atom stereocenters. The lowest BCUT2D eigenvalue weighted by Crippen LogP contribution is -2.16. The van der Waals surface area contributed by atoms with Gasteiger partial charge in [-0.25, -0.2) is 0 Å². The maximum atomic E-state index is 12.0. The second-order valence-corrected chi connectivity index (χ2v) is 4.37. The quantitative estimate of drug-likeness (QED) is 0.579. The van der Waals surface area contributed by atoms with Gasteiger partial charge in [-0.3, -0.25) is 9.59 Å². The van der Waals surface area contributed by atoms with Crippen molar-refractivity contribution in [2.75, 3.05) is 20.8 Å². The second-order valence-electron chi connectivity index (χ2n) is 4.37. The predicted molar refractivity (Wildman–Crippen MR) is 67.6 cm³/mol. The van der Waals surface area contributed by atoms with Crippen molar-refractivity contribution in [3.05, 3.63) is 23.8 Å². The molecule has 0 N–H and O–H groups in total. The fourth-order valence-corrected chi connectivity index (χ4v) is 1.68. The molecule has 0 amide bonds. The average Bonchev–Trinajstić information content (AvgIpc) is 3.28. The lowest BCUT2D eigenvalue weighted by molar-refractivity contribution is -0.144. The summed E-state index contributed by atoms with van der Waals surface area (Å²) in [7, 11) is 3.00. The van der Waals surface area contributed by atoms with Crippen LogP contribution in [0.4, 0.5) is 0 Å². The van der Waals surface area contributed by atoms with Crippen LogP contribution in [0.2, 0.25) is 0 Å². The van der Waals surface area contributed by atoms with Gasteiger partial charge < -0.3 is 14.2 Å². The van der Waals surface area contributed by atoms with E-state index in [0.717, 1.165) is 12.8 Å². The molecule has 5 nitrogen and oxygen atoms in total. The Morgan fingerprint density at radius 2 is 1.95 bits per heavy atom. The van der Waals surface area contributed by atoms with Crippen LogP contribution < -0.4 is 9.47 Å². The fourth-order valence-electron chi connectivity index (χ4n) is 1.68. The molecule has 1 saturated carbocycles. The van der Waals surface area contributed by atoms with Gasteiger partial charge in [0.05, 0.1) is 25.7 Å². The molecule has 0 heterocycles. The number of methoxy groups -OCH3 is 2. The van der Waals surface area contributed by atoms with Crippen LogP contribution in [0.5, 0.6) is 11.5 Å². The molecule has 0 aliphatic heterocycles. The first-order chi connectivity index (χ1) is 9.15. The van der Waals surface area contributed by atoms with Gasteiger partial charge in [0.25, 0.3) is 0 Å². The number of benzene rings is 1. The van der Waals surface area contributed by atoms with Crippen molar-refractivity contribution >= 4 is 11.8 Å². The predicted octanol–water partition coefficient (Wildman–Crippen LogP) is 1.84. The molecule has 1 aliphatic rings. The lowest BCUT2D eigenvalue weighted by atomic mass is 10.1. The van der Waals surface area contributed by atoms with E-state index < -0.39 is 0 Å². The number of ketones is 1. The van der Waals surface area contributed by atoms with Crippen LogP contribution in [0.3, 0.4) is 0 Å². The number of carbonyl (C=O) groups excluding carboxylic acids is 2. The Morgan fingerprint density at radius 1 is 1.21 bits per heavy atom. The summed E-state index contributed by atoms with van der Waals surface area (Å²) in [5.74, 6) is 0.380. The first-order valence-corrected chi connectivity index (χ1v) is 6.07. The molecule has 1 fully saturated rings. The van der Waals surface area contributed by atoms with Gasteiger partial charge in [0.1, 0.15) is 11.5 Å². The van der Waals surface area contributed by atoms with Gasteiger partial charge in [0.15, 0.2) is 6.61 Å². The highest BCUT2D eigenvalue weighted by Gasteiger charge is 2.31. The third-order valence-electron chi connectivity index (χ3n) is 2.96. The van der Waals surface area contributed by atoms with Crippen LogP contribution in [0.1, 0.15) is 23.2 Å². The van der Waals surface area contributed by atoms with Gasteiger partial charge in [0.2, 0.25) is 5.78 Å². The minimum Gasteiger partial charge on any atom is -0.497 e. The Hall–Kier alpha value is -2.04. The fraction of sp³-hybridized carbons (Fsp3) is 0.429. The number of hydrogen-bond acceptors (Lipinski definition) is 5. The smallest absolute Gasteiger partial charge is 0.309 e. The molecule has 0 saturated heterocycles.